The molecular weight excluding hydrogens is 322 g/mol. The minimum absolute atomic E-state index is 0.0909. The van der Waals surface area contributed by atoms with Gasteiger partial charge in [-0.15, -0.1) is 0 Å². The first kappa shape index (κ1) is 16.5. The highest BCUT2D eigenvalue weighted by atomic mass is 32.2. The molecule has 24 heavy (non-hydrogen) atoms. The number of alkyl carbamates (subject to hydrolysis) is 1. The highest BCUT2D eigenvalue weighted by Crippen LogP contribution is 2.21. The summed E-state index contributed by atoms with van der Waals surface area (Å²) in [7, 11) is -1.11. The SMILES string of the molecule is O=C(N[C@H]1C=C[C@@H](S(=O)c2ccccc2)C1)OCc1ccccc1. The molecule has 1 N–H and O–H groups in total. The lowest BCUT2D eigenvalue weighted by Gasteiger charge is -2.14. The molecule has 1 amide bonds. The highest BCUT2D eigenvalue weighted by Gasteiger charge is 2.26. The quantitative estimate of drug-likeness (QED) is 0.848. The van der Waals surface area contributed by atoms with E-state index in [0.29, 0.717) is 6.42 Å². The fourth-order valence-corrected chi connectivity index (χ4v) is 3.97. The standard InChI is InChI=1S/C19H19NO3S/c21-19(23-14-15-7-3-1-4-8-15)20-16-11-12-18(13-16)24(22)17-9-5-2-6-10-17/h1-12,16,18H,13-14H2,(H,20,21)/t16-,18+,24?/m0/s1. The molecule has 4 nitrogen and oxygen atoms in total. The third-order valence-corrected chi connectivity index (χ3v) is 5.45. The van der Waals surface area contributed by atoms with Gasteiger partial charge in [0.05, 0.1) is 22.1 Å². The van der Waals surface area contributed by atoms with E-state index in [1.54, 1.807) is 0 Å². The summed E-state index contributed by atoms with van der Waals surface area (Å²) in [5, 5.41) is 2.71. The molecule has 2 aromatic rings. The van der Waals surface area contributed by atoms with Crippen LogP contribution in [-0.4, -0.2) is 21.6 Å². The molecule has 0 fully saturated rings. The summed E-state index contributed by atoms with van der Waals surface area (Å²) >= 11 is 0. The fourth-order valence-electron chi connectivity index (χ4n) is 2.58. The third kappa shape index (κ3) is 4.32. The molecule has 0 aromatic heterocycles. The van der Waals surface area contributed by atoms with Crippen LogP contribution in [0.2, 0.25) is 0 Å². The molecule has 2 aromatic carbocycles. The monoisotopic (exact) mass is 341 g/mol. The second-order valence-electron chi connectivity index (χ2n) is 5.58. The van der Waals surface area contributed by atoms with E-state index in [1.165, 1.54) is 0 Å². The predicted octanol–water partition coefficient (Wildman–Crippen LogP) is 3.42. The summed E-state index contributed by atoms with van der Waals surface area (Å²) in [4.78, 5) is 12.7. The number of hydrogen-bond acceptors (Lipinski definition) is 3. The summed E-state index contributed by atoms with van der Waals surface area (Å²) in [6.45, 7) is 0.239. The van der Waals surface area contributed by atoms with Gasteiger partial charge in [0.2, 0.25) is 0 Å². The molecule has 1 unspecified atom stereocenters. The molecule has 0 spiro atoms. The van der Waals surface area contributed by atoms with Crippen molar-refractivity contribution >= 4 is 16.9 Å². The largest absolute Gasteiger partial charge is 0.445 e. The van der Waals surface area contributed by atoms with Crippen LogP contribution in [0.1, 0.15) is 12.0 Å². The first-order chi connectivity index (χ1) is 11.7. The van der Waals surface area contributed by atoms with E-state index in [1.807, 2.05) is 72.8 Å². The summed E-state index contributed by atoms with van der Waals surface area (Å²) in [5.41, 5.74) is 0.942. The van der Waals surface area contributed by atoms with Crippen molar-refractivity contribution in [3.05, 3.63) is 78.4 Å². The number of nitrogens with one attached hydrogen (secondary N) is 1. The zero-order valence-corrected chi connectivity index (χ0v) is 13.9. The van der Waals surface area contributed by atoms with Crippen LogP contribution < -0.4 is 5.32 Å². The lowest BCUT2D eigenvalue weighted by molar-refractivity contribution is 0.137. The van der Waals surface area contributed by atoms with Gasteiger partial charge in [0.15, 0.2) is 0 Å². The Hall–Kier alpha value is -2.40. The van der Waals surface area contributed by atoms with E-state index in [9.17, 15) is 9.00 Å². The van der Waals surface area contributed by atoms with Gasteiger partial charge in [-0.2, -0.15) is 0 Å². The van der Waals surface area contributed by atoms with Crippen molar-refractivity contribution < 1.29 is 13.7 Å². The van der Waals surface area contributed by atoms with Crippen molar-refractivity contribution in [1.82, 2.24) is 5.32 Å². The molecule has 5 heteroatoms. The van der Waals surface area contributed by atoms with Gasteiger partial charge in [0.1, 0.15) is 6.61 Å². The van der Waals surface area contributed by atoms with Crippen molar-refractivity contribution in [1.29, 1.82) is 0 Å². The van der Waals surface area contributed by atoms with E-state index in [-0.39, 0.29) is 17.9 Å². The Morgan fingerprint density at radius 1 is 1.04 bits per heavy atom. The molecule has 0 heterocycles. The molecule has 0 aliphatic heterocycles. The second-order valence-corrected chi connectivity index (χ2v) is 7.25. The maximum atomic E-state index is 12.5. The van der Waals surface area contributed by atoms with Crippen molar-refractivity contribution in [3.63, 3.8) is 0 Å². The van der Waals surface area contributed by atoms with Crippen LogP contribution in [0.5, 0.6) is 0 Å². The first-order valence-electron chi connectivity index (χ1n) is 7.83. The lowest BCUT2D eigenvalue weighted by Crippen LogP contribution is -2.34. The molecule has 3 atom stereocenters. The zero-order valence-electron chi connectivity index (χ0n) is 13.1. The number of hydrogen-bond donors (Lipinski definition) is 1. The molecule has 0 bridgehead atoms. The number of amides is 1. The zero-order chi connectivity index (χ0) is 16.8. The average Bonchev–Trinajstić information content (AvgIpc) is 3.09. The summed E-state index contributed by atoms with van der Waals surface area (Å²) in [6.07, 6.45) is 3.95. The average molecular weight is 341 g/mol. The highest BCUT2D eigenvalue weighted by molar-refractivity contribution is 7.85. The van der Waals surface area contributed by atoms with E-state index < -0.39 is 16.9 Å². The fraction of sp³-hybridized carbons (Fsp3) is 0.211. The molecule has 1 aliphatic carbocycles. The Labute approximate surface area is 144 Å². The Morgan fingerprint density at radius 3 is 2.42 bits per heavy atom. The Kier molecular flexibility index (Phi) is 5.43. The minimum atomic E-state index is -1.11. The van der Waals surface area contributed by atoms with Crippen molar-refractivity contribution in [2.24, 2.45) is 0 Å². The van der Waals surface area contributed by atoms with Gasteiger partial charge in [-0.25, -0.2) is 4.79 Å². The molecule has 3 rings (SSSR count). The van der Waals surface area contributed by atoms with Gasteiger partial charge in [-0.1, -0.05) is 60.7 Å². The van der Waals surface area contributed by atoms with Crippen LogP contribution in [0.4, 0.5) is 4.79 Å². The van der Waals surface area contributed by atoms with Gasteiger partial charge in [0, 0.05) is 4.90 Å². The molecular formula is C19H19NO3S. The lowest BCUT2D eigenvalue weighted by atomic mass is 10.2. The van der Waals surface area contributed by atoms with Crippen LogP contribution >= 0.6 is 0 Å². The van der Waals surface area contributed by atoms with Gasteiger partial charge in [-0.3, -0.25) is 4.21 Å². The molecule has 0 radical (unpaired) electrons. The smallest absolute Gasteiger partial charge is 0.407 e. The number of carbonyl (C=O) groups is 1. The number of carbonyl (C=O) groups excluding carboxylic acids is 1. The predicted molar refractivity (Wildman–Crippen MR) is 93.9 cm³/mol. The maximum absolute atomic E-state index is 12.5. The van der Waals surface area contributed by atoms with Gasteiger partial charge < -0.3 is 10.1 Å². The van der Waals surface area contributed by atoms with Crippen molar-refractivity contribution in [3.8, 4) is 0 Å². The van der Waals surface area contributed by atoms with E-state index >= 15 is 0 Å². The Bertz CT molecular complexity index is 731. The maximum Gasteiger partial charge on any atom is 0.407 e. The normalized spacial score (nSPS) is 20.5. The van der Waals surface area contributed by atoms with Crippen LogP contribution in [0, 0.1) is 0 Å². The number of rotatable bonds is 5. The van der Waals surface area contributed by atoms with Crippen LogP contribution in [0.3, 0.4) is 0 Å². The molecule has 1 aliphatic rings. The summed E-state index contributed by atoms with van der Waals surface area (Å²) in [6, 6.07) is 18.8. The Morgan fingerprint density at radius 2 is 1.71 bits per heavy atom. The van der Waals surface area contributed by atoms with Gasteiger partial charge in [0.25, 0.3) is 0 Å². The molecule has 124 valence electrons. The number of ether oxygens (including phenoxy) is 1. The van der Waals surface area contributed by atoms with E-state index in [0.717, 1.165) is 10.5 Å². The van der Waals surface area contributed by atoms with Gasteiger partial charge in [-0.05, 0) is 24.1 Å². The molecule has 0 saturated carbocycles. The third-order valence-electron chi connectivity index (χ3n) is 3.81. The van der Waals surface area contributed by atoms with Crippen LogP contribution in [0.15, 0.2) is 77.7 Å². The van der Waals surface area contributed by atoms with Gasteiger partial charge >= 0.3 is 6.09 Å². The van der Waals surface area contributed by atoms with Crippen LogP contribution in [0.25, 0.3) is 0 Å². The van der Waals surface area contributed by atoms with Crippen LogP contribution in [-0.2, 0) is 22.1 Å². The number of benzene rings is 2. The van der Waals surface area contributed by atoms with E-state index in [4.69, 9.17) is 4.74 Å². The van der Waals surface area contributed by atoms with E-state index in [2.05, 4.69) is 5.32 Å². The van der Waals surface area contributed by atoms with Crippen molar-refractivity contribution in [2.75, 3.05) is 0 Å². The summed E-state index contributed by atoms with van der Waals surface area (Å²) < 4.78 is 17.7. The summed E-state index contributed by atoms with van der Waals surface area (Å²) in [5.74, 6) is 0. The van der Waals surface area contributed by atoms with Crippen molar-refractivity contribution in [2.45, 2.75) is 29.2 Å². The Balaban J connectivity index is 1.47. The first-order valence-corrected chi connectivity index (χ1v) is 9.05. The second kappa shape index (κ2) is 7.93. The topological polar surface area (TPSA) is 55.4 Å². The molecule has 0 saturated heterocycles. The minimum Gasteiger partial charge on any atom is -0.445 e.